The van der Waals surface area contributed by atoms with Gasteiger partial charge in [0.05, 0.1) is 14.2 Å². The Morgan fingerprint density at radius 1 is 0.667 bits per heavy atom. The van der Waals surface area contributed by atoms with Gasteiger partial charge in [0.15, 0.2) is 0 Å². The Balaban J connectivity index is 0.00000306. The van der Waals surface area contributed by atoms with E-state index in [-0.39, 0.29) is 12.4 Å². The second-order valence-corrected chi connectivity index (χ2v) is 9.10. The lowest BCUT2D eigenvalue weighted by Gasteiger charge is -2.09. The zero-order valence-electron chi connectivity index (χ0n) is 18.6. The molecule has 4 aromatic rings. The van der Waals surface area contributed by atoms with Crippen LogP contribution in [0, 0.1) is 0 Å². The van der Waals surface area contributed by atoms with E-state index in [4.69, 9.17) is 20.9 Å². The van der Waals surface area contributed by atoms with Crippen LogP contribution in [0.3, 0.4) is 0 Å². The molecule has 0 amide bonds. The van der Waals surface area contributed by atoms with Crippen molar-refractivity contribution in [3.05, 3.63) is 48.5 Å². The van der Waals surface area contributed by atoms with E-state index in [9.17, 15) is 0 Å². The fourth-order valence-corrected chi connectivity index (χ4v) is 5.82. The van der Waals surface area contributed by atoms with Crippen molar-refractivity contribution in [3.63, 3.8) is 0 Å². The third-order valence-corrected chi connectivity index (χ3v) is 7.61. The Kier molecular flexibility index (Phi) is 7.72. The second-order valence-electron chi connectivity index (χ2n) is 6.99. The molecule has 0 spiro atoms. The van der Waals surface area contributed by atoms with Crippen LogP contribution < -0.4 is 20.9 Å². The van der Waals surface area contributed by atoms with E-state index in [1.165, 1.54) is 0 Å². The van der Waals surface area contributed by atoms with E-state index in [1.807, 2.05) is 71.8 Å². The van der Waals surface area contributed by atoms with Crippen molar-refractivity contribution in [1.82, 2.24) is 19.1 Å². The van der Waals surface area contributed by atoms with Crippen molar-refractivity contribution in [2.24, 2.45) is 14.1 Å². The van der Waals surface area contributed by atoms with Crippen molar-refractivity contribution in [1.29, 1.82) is 0 Å². The van der Waals surface area contributed by atoms with Crippen LogP contribution in [0.1, 0.15) is 0 Å². The Morgan fingerprint density at radius 3 is 1.30 bits per heavy atom. The second kappa shape index (κ2) is 10.3. The van der Waals surface area contributed by atoms with Crippen molar-refractivity contribution in [2.45, 2.75) is 10.1 Å². The van der Waals surface area contributed by atoms with E-state index in [1.54, 1.807) is 35.8 Å². The molecule has 0 unspecified atom stereocenters. The predicted molar refractivity (Wildman–Crippen MR) is 138 cm³/mol. The molecule has 0 bridgehead atoms. The molecule has 0 saturated carbocycles. The molecule has 0 radical (unpaired) electrons. The highest BCUT2D eigenvalue weighted by molar-refractivity contribution is 8.76. The van der Waals surface area contributed by atoms with Crippen molar-refractivity contribution >= 4 is 45.9 Å². The molecule has 0 aliphatic carbocycles. The molecule has 11 heteroatoms. The Morgan fingerprint density at radius 2 is 1.00 bits per heavy atom. The first-order valence-corrected chi connectivity index (χ1v) is 11.9. The molecule has 0 saturated heterocycles. The van der Waals surface area contributed by atoms with Gasteiger partial charge in [-0.3, -0.25) is 0 Å². The molecule has 8 nitrogen and oxygen atoms in total. The third kappa shape index (κ3) is 4.87. The summed E-state index contributed by atoms with van der Waals surface area (Å²) < 4.78 is 14.3. The number of hydrogen-bond donors (Lipinski definition) is 2. The van der Waals surface area contributed by atoms with E-state index in [0.29, 0.717) is 11.9 Å². The van der Waals surface area contributed by atoms with Crippen LogP contribution in [0.2, 0.25) is 0 Å². The van der Waals surface area contributed by atoms with Crippen LogP contribution in [0.5, 0.6) is 11.5 Å². The molecule has 0 aliphatic heterocycles. The number of nitrogens with two attached hydrogens (primary N) is 2. The molecule has 174 valence electrons. The predicted octanol–water partition coefficient (Wildman–Crippen LogP) is 4.89. The van der Waals surface area contributed by atoms with E-state index >= 15 is 0 Å². The number of aromatic nitrogens is 4. The van der Waals surface area contributed by atoms with E-state index in [0.717, 1.165) is 44.1 Å². The number of halogens is 1. The maximum absolute atomic E-state index is 6.14. The van der Waals surface area contributed by atoms with Gasteiger partial charge in [0.2, 0.25) is 11.9 Å². The van der Waals surface area contributed by atoms with E-state index < -0.39 is 0 Å². The molecule has 4 rings (SSSR count). The molecule has 4 N–H and O–H groups in total. The SMILES string of the molecule is COc1ccc(-c2nc(N)n(C)c2SSc2c(-c3ccc(OC)cc3)nc(N)n2C)cc1.Cl. The molecule has 2 heterocycles. The van der Waals surface area contributed by atoms with Crippen LogP contribution in [-0.2, 0) is 14.1 Å². The van der Waals surface area contributed by atoms with Crippen molar-refractivity contribution in [2.75, 3.05) is 25.7 Å². The van der Waals surface area contributed by atoms with Gasteiger partial charge in [-0.15, -0.1) is 12.4 Å². The highest BCUT2D eigenvalue weighted by Crippen LogP contribution is 2.46. The lowest BCUT2D eigenvalue weighted by molar-refractivity contribution is 0.415. The Hall–Kier alpha value is -2.95. The van der Waals surface area contributed by atoms with Crippen LogP contribution in [0.4, 0.5) is 11.9 Å². The van der Waals surface area contributed by atoms with Gasteiger partial charge >= 0.3 is 0 Å². The lowest BCUT2D eigenvalue weighted by Crippen LogP contribution is -1.98. The minimum Gasteiger partial charge on any atom is -0.497 e. The fourth-order valence-electron chi connectivity index (χ4n) is 3.14. The minimum atomic E-state index is 0. The molecule has 2 aromatic carbocycles. The summed E-state index contributed by atoms with van der Waals surface area (Å²) in [7, 11) is 10.2. The lowest BCUT2D eigenvalue weighted by atomic mass is 10.1. The van der Waals surface area contributed by atoms with Crippen molar-refractivity contribution in [3.8, 4) is 34.0 Å². The summed E-state index contributed by atoms with van der Waals surface area (Å²) >= 11 is 0. The topological polar surface area (TPSA) is 106 Å². The number of rotatable bonds is 7. The molecule has 2 aromatic heterocycles. The summed E-state index contributed by atoms with van der Waals surface area (Å²) in [4.78, 5) is 9.16. The number of benzene rings is 2. The summed E-state index contributed by atoms with van der Waals surface area (Å²) in [5, 5.41) is 1.86. The van der Waals surface area contributed by atoms with Gasteiger partial charge in [-0.25, -0.2) is 9.97 Å². The number of imidazole rings is 2. The van der Waals surface area contributed by atoms with Gasteiger partial charge in [-0.2, -0.15) is 0 Å². The highest BCUT2D eigenvalue weighted by atomic mass is 35.5. The van der Waals surface area contributed by atoms with Crippen LogP contribution >= 0.6 is 34.0 Å². The summed E-state index contributed by atoms with van der Waals surface area (Å²) in [5.74, 6) is 2.46. The number of nitrogen functional groups attached to an aromatic ring is 2. The Bertz CT molecular complexity index is 1140. The monoisotopic (exact) mass is 504 g/mol. The van der Waals surface area contributed by atoms with Gasteiger partial charge in [-0.1, -0.05) is 0 Å². The maximum atomic E-state index is 6.14. The third-order valence-electron chi connectivity index (χ3n) is 5.08. The molecular weight excluding hydrogens is 480 g/mol. The first-order valence-electron chi connectivity index (χ1n) is 9.70. The van der Waals surface area contributed by atoms with E-state index in [2.05, 4.69) is 9.97 Å². The van der Waals surface area contributed by atoms with Gasteiger partial charge < -0.3 is 30.1 Å². The van der Waals surface area contributed by atoms with Crippen LogP contribution in [0.15, 0.2) is 58.6 Å². The summed E-state index contributed by atoms with van der Waals surface area (Å²) in [6, 6.07) is 15.5. The zero-order valence-corrected chi connectivity index (χ0v) is 21.1. The summed E-state index contributed by atoms with van der Waals surface area (Å²) in [5.41, 5.74) is 15.8. The average Bonchev–Trinajstić information content (AvgIpc) is 3.27. The highest BCUT2D eigenvalue weighted by Gasteiger charge is 2.20. The van der Waals surface area contributed by atoms with Gasteiger partial charge in [0.25, 0.3) is 0 Å². The first kappa shape index (κ1) is 24.7. The minimum absolute atomic E-state index is 0. The number of hydrogen-bond acceptors (Lipinski definition) is 8. The normalized spacial score (nSPS) is 10.7. The number of ether oxygens (including phenoxy) is 2. The molecule has 33 heavy (non-hydrogen) atoms. The first-order chi connectivity index (χ1) is 15.4. The molecule has 0 atom stereocenters. The smallest absolute Gasteiger partial charge is 0.201 e. The summed E-state index contributed by atoms with van der Waals surface area (Å²) in [6.45, 7) is 0. The van der Waals surface area contributed by atoms with Crippen LogP contribution in [-0.4, -0.2) is 33.3 Å². The number of methoxy groups -OCH3 is 2. The molecule has 0 aliphatic rings. The van der Waals surface area contributed by atoms with Gasteiger partial charge in [0, 0.05) is 25.2 Å². The van der Waals surface area contributed by atoms with Crippen LogP contribution in [0.25, 0.3) is 22.5 Å². The zero-order chi connectivity index (χ0) is 22.8. The quantitative estimate of drug-likeness (QED) is 0.342. The molecular formula is C22H25ClN6O2S2. The fraction of sp³-hybridized carbons (Fsp3) is 0.182. The van der Waals surface area contributed by atoms with Gasteiger partial charge in [0.1, 0.15) is 32.9 Å². The number of anilines is 2. The average molecular weight is 505 g/mol. The Labute approximate surface area is 206 Å². The maximum Gasteiger partial charge on any atom is 0.201 e. The summed E-state index contributed by atoms with van der Waals surface area (Å²) in [6.07, 6.45) is 0. The largest absolute Gasteiger partial charge is 0.497 e. The van der Waals surface area contributed by atoms with Gasteiger partial charge in [-0.05, 0) is 70.1 Å². The molecule has 0 fully saturated rings. The van der Waals surface area contributed by atoms with Crippen molar-refractivity contribution < 1.29 is 9.47 Å². The number of nitrogens with zero attached hydrogens (tertiary/aromatic N) is 4. The standard InChI is InChI=1S/C22H24N6O2S2.ClH/c1-27-19(17(25-21(27)23)13-5-9-15(29-3)10-6-13)31-32-20-18(26-22(24)28(20)2)14-7-11-16(30-4)12-8-14;/h5-12H,1-4H3,(H2,23,25)(H2,24,26);1H.